The molecule has 0 radical (unpaired) electrons. The lowest BCUT2D eigenvalue weighted by Crippen LogP contribution is -2.23. The minimum atomic E-state index is -0.202. The first-order chi connectivity index (χ1) is 10.3. The van der Waals surface area contributed by atoms with Crippen LogP contribution in [-0.2, 0) is 13.6 Å². The van der Waals surface area contributed by atoms with Gasteiger partial charge in [0.05, 0.1) is 12.1 Å². The highest BCUT2D eigenvalue weighted by atomic mass is 16.4. The molecule has 0 aromatic carbocycles. The van der Waals surface area contributed by atoms with Gasteiger partial charge in [-0.3, -0.25) is 9.59 Å². The third-order valence-electron chi connectivity index (χ3n) is 3.72. The Kier molecular flexibility index (Phi) is 4.40. The van der Waals surface area contributed by atoms with Crippen LogP contribution in [0.5, 0.6) is 0 Å². The van der Waals surface area contributed by atoms with E-state index < -0.39 is 0 Å². The van der Waals surface area contributed by atoms with Gasteiger partial charge in [-0.05, 0) is 32.0 Å². The number of aryl methyl sites for hydroxylation is 1. The van der Waals surface area contributed by atoms with Crippen LogP contribution < -0.4 is 5.32 Å². The zero-order valence-electron chi connectivity index (χ0n) is 13.6. The molecule has 0 saturated heterocycles. The molecule has 2 rings (SSSR count). The average Bonchev–Trinajstić information content (AvgIpc) is 3.04. The van der Waals surface area contributed by atoms with E-state index in [0.29, 0.717) is 11.3 Å². The Morgan fingerprint density at radius 3 is 2.50 bits per heavy atom. The summed E-state index contributed by atoms with van der Waals surface area (Å²) in [6, 6.07) is 5.16. The Balaban J connectivity index is 2.02. The van der Waals surface area contributed by atoms with Gasteiger partial charge in [-0.25, -0.2) is 0 Å². The first-order valence-corrected chi connectivity index (χ1v) is 7.02. The first-order valence-electron chi connectivity index (χ1n) is 7.02. The second-order valence-electron chi connectivity index (χ2n) is 5.49. The zero-order valence-corrected chi connectivity index (χ0v) is 13.6. The van der Waals surface area contributed by atoms with E-state index in [-0.39, 0.29) is 24.1 Å². The van der Waals surface area contributed by atoms with Gasteiger partial charge in [-0.2, -0.15) is 0 Å². The lowest BCUT2D eigenvalue weighted by molar-refractivity contribution is 0.0794. The van der Waals surface area contributed by atoms with Gasteiger partial charge >= 0.3 is 0 Å². The summed E-state index contributed by atoms with van der Waals surface area (Å²) in [7, 11) is 5.24. The van der Waals surface area contributed by atoms with Gasteiger partial charge in [-0.1, -0.05) is 0 Å². The van der Waals surface area contributed by atoms with Crippen LogP contribution in [0, 0.1) is 13.8 Å². The summed E-state index contributed by atoms with van der Waals surface area (Å²) < 4.78 is 7.41. The molecule has 22 heavy (non-hydrogen) atoms. The SMILES string of the molecule is Cc1cc(C(=O)NCc2ccc(C(=O)N(C)C)o2)c(C)n1C. The van der Waals surface area contributed by atoms with Crippen molar-refractivity contribution in [2.24, 2.45) is 7.05 Å². The maximum atomic E-state index is 12.2. The Bertz CT molecular complexity index is 710. The van der Waals surface area contributed by atoms with Crippen molar-refractivity contribution in [3.05, 3.63) is 46.7 Å². The zero-order chi connectivity index (χ0) is 16.4. The van der Waals surface area contributed by atoms with Crippen molar-refractivity contribution in [1.29, 1.82) is 0 Å². The number of hydrogen-bond acceptors (Lipinski definition) is 3. The fraction of sp³-hybridized carbons (Fsp3) is 0.375. The minimum Gasteiger partial charge on any atom is -0.454 e. The Hall–Kier alpha value is -2.50. The molecule has 0 aliphatic rings. The topological polar surface area (TPSA) is 67.5 Å². The van der Waals surface area contributed by atoms with Crippen LogP contribution in [0.4, 0.5) is 0 Å². The van der Waals surface area contributed by atoms with E-state index in [1.54, 1.807) is 26.2 Å². The minimum absolute atomic E-state index is 0.155. The van der Waals surface area contributed by atoms with E-state index in [9.17, 15) is 9.59 Å². The van der Waals surface area contributed by atoms with E-state index in [1.165, 1.54) is 4.90 Å². The fourth-order valence-electron chi connectivity index (χ4n) is 2.16. The number of furan rings is 1. The first kappa shape index (κ1) is 15.9. The molecule has 0 aliphatic heterocycles. The number of amides is 2. The molecule has 0 aliphatic carbocycles. The van der Waals surface area contributed by atoms with Crippen molar-refractivity contribution in [2.45, 2.75) is 20.4 Å². The van der Waals surface area contributed by atoms with Crippen LogP contribution in [0.1, 0.15) is 38.1 Å². The third-order valence-corrected chi connectivity index (χ3v) is 3.72. The van der Waals surface area contributed by atoms with E-state index in [2.05, 4.69) is 5.32 Å². The Morgan fingerprint density at radius 2 is 1.95 bits per heavy atom. The van der Waals surface area contributed by atoms with Gasteiger partial charge < -0.3 is 19.2 Å². The summed E-state index contributed by atoms with van der Waals surface area (Å²) >= 11 is 0. The molecule has 118 valence electrons. The van der Waals surface area contributed by atoms with Crippen LogP contribution in [-0.4, -0.2) is 35.4 Å². The van der Waals surface area contributed by atoms with Crippen molar-refractivity contribution < 1.29 is 14.0 Å². The van der Waals surface area contributed by atoms with Crippen molar-refractivity contribution in [2.75, 3.05) is 14.1 Å². The highest BCUT2D eigenvalue weighted by Crippen LogP contribution is 2.14. The molecule has 0 spiro atoms. The number of rotatable bonds is 4. The summed E-state index contributed by atoms with van der Waals surface area (Å²) in [4.78, 5) is 25.4. The third kappa shape index (κ3) is 3.05. The van der Waals surface area contributed by atoms with Crippen molar-refractivity contribution >= 4 is 11.8 Å². The summed E-state index contributed by atoms with van der Waals surface area (Å²) in [5, 5.41) is 2.81. The molecule has 0 fully saturated rings. The van der Waals surface area contributed by atoms with Crippen molar-refractivity contribution in [3.8, 4) is 0 Å². The van der Waals surface area contributed by atoms with Crippen LogP contribution >= 0.6 is 0 Å². The second-order valence-corrected chi connectivity index (χ2v) is 5.49. The van der Waals surface area contributed by atoms with E-state index >= 15 is 0 Å². The predicted molar refractivity (Wildman–Crippen MR) is 82.8 cm³/mol. The van der Waals surface area contributed by atoms with Gasteiger partial charge in [0.25, 0.3) is 11.8 Å². The number of carbonyl (C=O) groups excluding carboxylic acids is 2. The summed E-state index contributed by atoms with van der Waals surface area (Å²) in [6.07, 6.45) is 0. The molecule has 6 heteroatoms. The lowest BCUT2D eigenvalue weighted by atomic mass is 10.2. The maximum absolute atomic E-state index is 12.2. The molecule has 0 unspecified atom stereocenters. The largest absolute Gasteiger partial charge is 0.454 e. The summed E-state index contributed by atoms with van der Waals surface area (Å²) in [6.45, 7) is 4.10. The number of nitrogens with zero attached hydrogens (tertiary/aromatic N) is 2. The highest BCUT2D eigenvalue weighted by Gasteiger charge is 2.16. The normalized spacial score (nSPS) is 10.6. The maximum Gasteiger partial charge on any atom is 0.289 e. The van der Waals surface area contributed by atoms with Crippen LogP contribution in [0.2, 0.25) is 0 Å². The molecule has 2 aromatic heterocycles. The predicted octanol–water partition coefficient (Wildman–Crippen LogP) is 1.87. The molecule has 0 saturated carbocycles. The molecule has 2 heterocycles. The smallest absolute Gasteiger partial charge is 0.289 e. The average molecular weight is 303 g/mol. The lowest BCUT2D eigenvalue weighted by Gasteiger charge is -2.07. The monoisotopic (exact) mass is 303 g/mol. The van der Waals surface area contributed by atoms with Gasteiger partial charge in [0.15, 0.2) is 5.76 Å². The molecule has 0 atom stereocenters. The van der Waals surface area contributed by atoms with Crippen LogP contribution in [0.3, 0.4) is 0 Å². The molecule has 0 bridgehead atoms. The standard InChI is InChI=1S/C16H21N3O3/c1-10-8-13(11(2)19(10)5)15(20)17-9-12-6-7-14(22-12)16(21)18(3)4/h6-8H,9H2,1-5H3,(H,17,20). The summed E-state index contributed by atoms with van der Waals surface area (Å²) in [5.41, 5.74) is 2.59. The van der Waals surface area contributed by atoms with E-state index in [1.807, 2.05) is 31.5 Å². The molecule has 6 nitrogen and oxygen atoms in total. The molecule has 1 N–H and O–H groups in total. The quantitative estimate of drug-likeness (QED) is 0.937. The van der Waals surface area contributed by atoms with E-state index in [4.69, 9.17) is 4.42 Å². The number of carbonyl (C=O) groups is 2. The fourth-order valence-corrected chi connectivity index (χ4v) is 2.16. The molecule has 2 amide bonds. The van der Waals surface area contributed by atoms with Gasteiger partial charge in [0.1, 0.15) is 5.76 Å². The Morgan fingerprint density at radius 1 is 1.27 bits per heavy atom. The Labute approximate surface area is 129 Å². The summed E-state index contributed by atoms with van der Waals surface area (Å²) in [5.74, 6) is 0.454. The van der Waals surface area contributed by atoms with Crippen LogP contribution in [0.25, 0.3) is 0 Å². The number of nitrogens with one attached hydrogen (secondary N) is 1. The number of hydrogen-bond donors (Lipinski definition) is 1. The van der Waals surface area contributed by atoms with E-state index in [0.717, 1.165) is 11.4 Å². The molecule has 2 aromatic rings. The highest BCUT2D eigenvalue weighted by molar-refractivity contribution is 5.95. The van der Waals surface area contributed by atoms with Crippen LogP contribution in [0.15, 0.2) is 22.6 Å². The molecular weight excluding hydrogens is 282 g/mol. The number of aromatic nitrogens is 1. The van der Waals surface area contributed by atoms with Gasteiger partial charge in [-0.15, -0.1) is 0 Å². The molecular formula is C16H21N3O3. The van der Waals surface area contributed by atoms with Crippen molar-refractivity contribution in [3.63, 3.8) is 0 Å². The van der Waals surface area contributed by atoms with Crippen molar-refractivity contribution in [1.82, 2.24) is 14.8 Å². The second kappa shape index (κ2) is 6.09. The van der Waals surface area contributed by atoms with Gasteiger partial charge in [0.2, 0.25) is 0 Å². The van der Waals surface area contributed by atoms with Gasteiger partial charge in [0, 0.05) is 32.5 Å².